The molecule has 0 bridgehead atoms. The molecule has 0 amide bonds. The highest BCUT2D eigenvalue weighted by Crippen LogP contribution is 2.50. The molecule has 0 aromatic heterocycles. The van der Waals surface area contributed by atoms with Gasteiger partial charge in [0.2, 0.25) is 0 Å². The van der Waals surface area contributed by atoms with Crippen LogP contribution < -0.4 is 9.47 Å². The molecular weight excluding hydrogens is 360 g/mol. The fourth-order valence-electron chi connectivity index (χ4n) is 2.28. The van der Waals surface area contributed by atoms with Crippen molar-refractivity contribution in [3.63, 3.8) is 0 Å². The van der Waals surface area contributed by atoms with E-state index in [4.69, 9.17) is 9.47 Å². The Kier molecular flexibility index (Phi) is 4.59. The molecular formula is C14H18Br2O2. The minimum Gasteiger partial charge on any atom is -0.495 e. The molecule has 0 aliphatic heterocycles. The fourth-order valence-corrected chi connectivity index (χ4v) is 3.76. The Hall–Kier alpha value is -0.220. The topological polar surface area (TPSA) is 18.5 Å². The molecule has 2 rings (SSSR count). The lowest BCUT2D eigenvalue weighted by molar-refractivity contribution is 0.381. The van der Waals surface area contributed by atoms with Crippen LogP contribution in [0, 0.1) is 11.8 Å². The molecule has 2 unspecified atom stereocenters. The number of hydrogen-bond acceptors (Lipinski definition) is 2. The first kappa shape index (κ1) is 14.2. The summed E-state index contributed by atoms with van der Waals surface area (Å²) in [4.78, 5) is 0.321. The number of alkyl halides is 1. The van der Waals surface area contributed by atoms with Gasteiger partial charge in [0.15, 0.2) is 0 Å². The third-order valence-electron chi connectivity index (χ3n) is 3.64. The summed E-state index contributed by atoms with van der Waals surface area (Å²) in [7, 11) is 3.36. The Bertz CT molecular complexity index is 430. The molecule has 0 saturated heterocycles. The number of halogens is 2. The molecule has 0 radical (unpaired) electrons. The first-order valence-electron chi connectivity index (χ1n) is 6.14. The van der Waals surface area contributed by atoms with Crippen LogP contribution in [0.15, 0.2) is 16.6 Å². The van der Waals surface area contributed by atoms with Crippen LogP contribution in [0.2, 0.25) is 0 Å². The lowest BCUT2D eigenvalue weighted by Crippen LogP contribution is -2.07. The standard InChI is InChI=1S/C14H18Br2O2/c1-8(9-4-5-9)12(15)10-6-7-11(17-2)13(16)14(10)18-3/h6-9,12H,4-5H2,1-3H3. The quantitative estimate of drug-likeness (QED) is 0.676. The molecule has 0 N–H and O–H groups in total. The molecule has 0 heterocycles. The van der Waals surface area contributed by atoms with E-state index in [0.717, 1.165) is 21.9 Å². The number of rotatable bonds is 5. The zero-order valence-corrected chi connectivity index (χ0v) is 14.0. The highest BCUT2D eigenvalue weighted by atomic mass is 79.9. The van der Waals surface area contributed by atoms with Crippen molar-refractivity contribution >= 4 is 31.9 Å². The van der Waals surface area contributed by atoms with Crippen LogP contribution in [0.5, 0.6) is 11.5 Å². The summed E-state index contributed by atoms with van der Waals surface area (Å²) in [6.45, 7) is 2.30. The zero-order valence-electron chi connectivity index (χ0n) is 10.9. The van der Waals surface area contributed by atoms with Gasteiger partial charge in [-0.3, -0.25) is 0 Å². The van der Waals surface area contributed by atoms with Crippen molar-refractivity contribution in [3.05, 3.63) is 22.2 Å². The maximum Gasteiger partial charge on any atom is 0.141 e. The lowest BCUT2D eigenvalue weighted by Gasteiger charge is -2.22. The molecule has 100 valence electrons. The Morgan fingerprint density at radius 1 is 1.22 bits per heavy atom. The molecule has 2 nitrogen and oxygen atoms in total. The molecule has 18 heavy (non-hydrogen) atoms. The van der Waals surface area contributed by atoms with Crippen LogP contribution in [-0.4, -0.2) is 14.2 Å². The average Bonchev–Trinajstić information content (AvgIpc) is 3.20. The maximum absolute atomic E-state index is 5.53. The number of ether oxygens (including phenoxy) is 2. The molecule has 1 aliphatic rings. The normalized spacial score (nSPS) is 18.3. The van der Waals surface area contributed by atoms with Crippen LogP contribution in [0.1, 0.15) is 30.2 Å². The van der Waals surface area contributed by atoms with Crippen molar-refractivity contribution in [2.75, 3.05) is 14.2 Å². The molecule has 1 saturated carbocycles. The van der Waals surface area contributed by atoms with Crippen molar-refractivity contribution in [2.24, 2.45) is 11.8 Å². The molecule has 0 spiro atoms. The second-order valence-electron chi connectivity index (χ2n) is 4.80. The summed E-state index contributed by atoms with van der Waals surface area (Å²) in [6.07, 6.45) is 2.70. The van der Waals surface area contributed by atoms with Gasteiger partial charge in [0.05, 0.1) is 14.2 Å². The number of methoxy groups -OCH3 is 2. The van der Waals surface area contributed by atoms with E-state index in [1.165, 1.54) is 18.4 Å². The second-order valence-corrected chi connectivity index (χ2v) is 6.58. The lowest BCUT2D eigenvalue weighted by atomic mass is 9.96. The van der Waals surface area contributed by atoms with E-state index in [-0.39, 0.29) is 0 Å². The first-order chi connectivity index (χ1) is 8.60. The van der Waals surface area contributed by atoms with Gasteiger partial charge in [-0.15, -0.1) is 0 Å². The van der Waals surface area contributed by atoms with Crippen LogP contribution in [-0.2, 0) is 0 Å². The largest absolute Gasteiger partial charge is 0.495 e. The third-order valence-corrected chi connectivity index (χ3v) is 5.72. The molecule has 4 heteroatoms. The van der Waals surface area contributed by atoms with E-state index < -0.39 is 0 Å². The van der Waals surface area contributed by atoms with Gasteiger partial charge < -0.3 is 9.47 Å². The van der Waals surface area contributed by atoms with E-state index in [1.54, 1.807) is 14.2 Å². The van der Waals surface area contributed by atoms with Crippen molar-refractivity contribution in [2.45, 2.75) is 24.6 Å². The molecule has 1 aromatic rings. The van der Waals surface area contributed by atoms with Crippen molar-refractivity contribution in [3.8, 4) is 11.5 Å². The van der Waals surface area contributed by atoms with Gasteiger partial charge in [-0.2, -0.15) is 0 Å². The number of benzene rings is 1. The summed E-state index contributed by atoms with van der Waals surface area (Å²) in [5, 5.41) is 0. The van der Waals surface area contributed by atoms with Gasteiger partial charge in [0.1, 0.15) is 16.0 Å². The predicted molar refractivity (Wildman–Crippen MR) is 80.8 cm³/mol. The van der Waals surface area contributed by atoms with Crippen LogP contribution >= 0.6 is 31.9 Å². The van der Waals surface area contributed by atoms with Gasteiger partial charge in [-0.1, -0.05) is 28.9 Å². The van der Waals surface area contributed by atoms with Gasteiger partial charge >= 0.3 is 0 Å². The Morgan fingerprint density at radius 2 is 1.89 bits per heavy atom. The highest BCUT2D eigenvalue weighted by Gasteiger charge is 2.34. The molecule has 1 fully saturated rings. The van der Waals surface area contributed by atoms with Crippen molar-refractivity contribution in [1.29, 1.82) is 0 Å². The Labute approximate surface area is 125 Å². The monoisotopic (exact) mass is 376 g/mol. The number of hydrogen-bond donors (Lipinski definition) is 0. The van der Waals surface area contributed by atoms with Crippen LogP contribution in [0.25, 0.3) is 0 Å². The van der Waals surface area contributed by atoms with Crippen molar-refractivity contribution in [1.82, 2.24) is 0 Å². The van der Waals surface area contributed by atoms with E-state index in [1.807, 2.05) is 6.07 Å². The summed E-state index contributed by atoms with van der Waals surface area (Å²) < 4.78 is 11.7. The SMILES string of the molecule is COc1ccc(C(Br)C(C)C2CC2)c(OC)c1Br. The van der Waals surface area contributed by atoms with E-state index in [2.05, 4.69) is 44.8 Å². The van der Waals surface area contributed by atoms with E-state index in [9.17, 15) is 0 Å². The van der Waals surface area contributed by atoms with Crippen molar-refractivity contribution < 1.29 is 9.47 Å². The summed E-state index contributed by atoms with van der Waals surface area (Å²) in [5.74, 6) is 3.14. The molecule has 1 aromatic carbocycles. The second kappa shape index (κ2) is 5.83. The van der Waals surface area contributed by atoms with Crippen LogP contribution in [0.4, 0.5) is 0 Å². The summed E-state index contributed by atoms with van der Waals surface area (Å²) in [5.41, 5.74) is 1.18. The van der Waals surface area contributed by atoms with E-state index in [0.29, 0.717) is 10.7 Å². The fraction of sp³-hybridized carbons (Fsp3) is 0.571. The summed E-state index contributed by atoms with van der Waals surface area (Å²) in [6, 6.07) is 4.07. The zero-order chi connectivity index (χ0) is 13.3. The first-order valence-corrected chi connectivity index (χ1v) is 7.85. The summed E-state index contributed by atoms with van der Waals surface area (Å²) >= 11 is 7.37. The third kappa shape index (κ3) is 2.69. The Morgan fingerprint density at radius 3 is 2.39 bits per heavy atom. The van der Waals surface area contributed by atoms with Gasteiger partial charge in [-0.05, 0) is 46.7 Å². The average molecular weight is 378 g/mol. The minimum absolute atomic E-state index is 0.321. The predicted octanol–water partition coefficient (Wildman–Crippen LogP) is 4.95. The Balaban J connectivity index is 2.34. The van der Waals surface area contributed by atoms with E-state index >= 15 is 0 Å². The minimum atomic E-state index is 0.321. The smallest absolute Gasteiger partial charge is 0.141 e. The molecule has 2 atom stereocenters. The molecule has 1 aliphatic carbocycles. The maximum atomic E-state index is 5.53. The van der Waals surface area contributed by atoms with Crippen LogP contribution in [0.3, 0.4) is 0 Å². The highest BCUT2D eigenvalue weighted by molar-refractivity contribution is 9.10. The van der Waals surface area contributed by atoms with Gasteiger partial charge in [0, 0.05) is 10.4 Å². The van der Waals surface area contributed by atoms with Gasteiger partial charge in [-0.25, -0.2) is 0 Å². The van der Waals surface area contributed by atoms with Gasteiger partial charge in [0.25, 0.3) is 0 Å².